The van der Waals surface area contributed by atoms with Crippen LogP contribution in [0, 0.1) is 0 Å². The quantitative estimate of drug-likeness (QED) is 0.271. The molecule has 2 rings (SSSR count). The second kappa shape index (κ2) is 5.57. The van der Waals surface area contributed by atoms with E-state index in [1.54, 1.807) is 54.6 Å². The van der Waals surface area contributed by atoms with Crippen molar-refractivity contribution in [1.29, 1.82) is 0 Å². The third-order valence-electron chi connectivity index (χ3n) is 2.29. The average Bonchev–Trinajstić information content (AvgIpc) is 2.42. The second-order valence-corrected chi connectivity index (χ2v) is 3.52. The molecule has 0 amide bonds. The van der Waals surface area contributed by atoms with Crippen molar-refractivity contribution >= 4 is 11.7 Å². The van der Waals surface area contributed by atoms with Gasteiger partial charge < -0.3 is 10.3 Å². The monoisotopic (exact) mass is 238 g/mol. The van der Waals surface area contributed by atoms with Gasteiger partial charge in [-0.1, -0.05) is 36.4 Å². The lowest BCUT2D eigenvalue weighted by Crippen LogP contribution is -2.22. The molecule has 0 spiro atoms. The summed E-state index contributed by atoms with van der Waals surface area (Å²) >= 11 is 0. The van der Waals surface area contributed by atoms with Crippen LogP contribution in [0.5, 0.6) is 5.75 Å². The van der Waals surface area contributed by atoms with Gasteiger partial charge in [0.2, 0.25) is 0 Å². The summed E-state index contributed by atoms with van der Waals surface area (Å²) in [6.07, 6.45) is 0. The zero-order valence-electron chi connectivity index (χ0n) is 9.48. The molecule has 4 heteroatoms. The first kappa shape index (κ1) is 11.8. The molecule has 0 aliphatic rings. The molecule has 0 atom stereocenters. The van der Waals surface area contributed by atoms with Crippen LogP contribution in [-0.2, 0) is 4.79 Å². The minimum Gasteiger partial charge on any atom is -0.418 e. The van der Waals surface area contributed by atoms with E-state index < -0.39 is 5.97 Å². The summed E-state index contributed by atoms with van der Waals surface area (Å²) in [4.78, 5) is 14.8. The summed E-state index contributed by atoms with van der Waals surface area (Å²) in [6.45, 7) is 0. The molecule has 0 saturated heterocycles. The minimum atomic E-state index is -0.699. The highest BCUT2D eigenvalue weighted by Gasteiger charge is 2.24. The van der Waals surface area contributed by atoms with Crippen LogP contribution < -0.4 is 4.74 Å². The van der Waals surface area contributed by atoms with Gasteiger partial charge in [-0.05, 0) is 24.3 Å². The van der Waals surface area contributed by atoms with Crippen molar-refractivity contribution in [3.05, 3.63) is 71.8 Å². The highest BCUT2D eigenvalue weighted by atomic mass is 16.5. The number of esters is 1. The Morgan fingerprint density at radius 3 is 2.06 bits per heavy atom. The van der Waals surface area contributed by atoms with E-state index in [0.29, 0.717) is 11.3 Å². The van der Waals surface area contributed by atoms with Gasteiger partial charge in [0.15, 0.2) is 0 Å². The molecular weight excluding hydrogens is 228 g/mol. The van der Waals surface area contributed by atoms with Gasteiger partial charge in [-0.2, -0.15) is 4.79 Å². The van der Waals surface area contributed by atoms with Crippen molar-refractivity contribution < 1.29 is 14.3 Å². The van der Waals surface area contributed by atoms with Crippen LogP contribution in [0.4, 0.5) is 0 Å². The summed E-state index contributed by atoms with van der Waals surface area (Å²) in [5.74, 6) is -0.297. The topological polar surface area (TPSA) is 62.7 Å². The SMILES string of the molecule is [N-]=[N+]=C(C(=O)Oc1ccccc1)c1ccccc1. The van der Waals surface area contributed by atoms with Crippen LogP contribution in [0.3, 0.4) is 0 Å². The second-order valence-electron chi connectivity index (χ2n) is 3.52. The average molecular weight is 238 g/mol. The number of rotatable bonds is 3. The maximum absolute atomic E-state index is 11.8. The highest BCUT2D eigenvalue weighted by Crippen LogP contribution is 2.10. The lowest BCUT2D eigenvalue weighted by Gasteiger charge is -2.00. The normalized spacial score (nSPS) is 9.33. The van der Waals surface area contributed by atoms with Gasteiger partial charge in [-0.3, -0.25) is 0 Å². The molecule has 2 aromatic carbocycles. The molecule has 88 valence electrons. The van der Waals surface area contributed by atoms with Gasteiger partial charge in [0.05, 0.1) is 5.56 Å². The lowest BCUT2D eigenvalue weighted by atomic mass is 10.1. The molecular formula is C14H10N2O2. The summed E-state index contributed by atoms with van der Waals surface area (Å²) < 4.78 is 5.09. The Balaban J connectivity index is 2.21. The molecule has 0 unspecified atom stereocenters. The number of hydrogen-bond acceptors (Lipinski definition) is 2. The number of carbonyl (C=O) groups is 1. The van der Waals surface area contributed by atoms with Gasteiger partial charge in [-0.25, -0.2) is 4.79 Å². The van der Waals surface area contributed by atoms with Crippen molar-refractivity contribution in [3.63, 3.8) is 0 Å². The fourth-order valence-corrected chi connectivity index (χ4v) is 1.46. The molecule has 0 heterocycles. The maximum atomic E-state index is 11.8. The Kier molecular flexibility index (Phi) is 3.64. The maximum Gasteiger partial charge on any atom is 0.427 e. The molecule has 0 bridgehead atoms. The predicted octanol–water partition coefficient (Wildman–Crippen LogP) is 2.31. The first-order valence-corrected chi connectivity index (χ1v) is 5.36. The Bertz CT molecular complexity index is 588. The number of carbonyl (C=O) groups excluding carboxylic acids is 1. The summed E-state index contributed by atoms with van der Waals surface area (Å²) in [5, 5.41) is 0. The van der Waals surface area contributed by atoms with E-state index in [0.717, 1.165) is 0 Å². The fraction of sp³-hybridized carbons (Fsp3) is 0. The van der Waals surface area contributed by atoms with E-state index in [1.165, 1.54) is 0 Å². The zero-order chi connectivity index (χ0) is 12.8. The van der Waals surface area contributed by atoms with E-state index in [9.17, 15) is 4.79 Å². The molecule has 0 fully saturated rings. The molecule has 0 N–H and O–H groups in total. The van der Waals surface area contributed by atoms with Gasteiger partial charge >= 0.3 is 11.7 Å². The number of hydrogen-bond donors (Lipinski definition) is 0. The van der Waals surface area contributed by atoms with Crippen molar-refractivity contribution in [2.75, 3.05) is 0 Å². The van der Waals surface area contributed by atoms with Crippen LogP contribution in [-0.4, -0.2) is 16.5 Å². The van der Waals surface area contributed by atoms with Crippen molar-refractivity contribution in [3.8, 4) is 5.75 Å². The standard InChI is InChI=1S/C14H10N2O2/c15-16-13(11-7-3-1-4-8-11)14(17)18-12-9-5-2-6-10-12/h1-10H. The van der Waals surface area contributed by atoms with Gasteiger partial charge in [0.1, 0.15) is 5.75 Å². The van der Waals surface area contributed by atoms with Crippen molar-refractivity contribution in [1.82, 2.24) is 0 Å². The lowest BCUT2D eigenvalue weighted by molar-refractivity contribution is -0.131. The van der Waals surface area contributed by atoms with Crippen LogP contribution in [0.15, 0.2) is 60.7 Å². The third kappa shape index (κ3) is 2.70. The van der Waals surface area contributed by atoms with E-state index >= 15 is 0 Å². The van der Waals surface area contributed by atoms with Gasteiger partial charge in [0.25, 0.3) is 0 Å². The number of ether oxygens (including phenoxy) is 1. The van der Waals surface area contributed by atoms with Crippen molar-refractivity contribution in [2.45, 2.75) is 0 Å². The van der Waals surface area contributed by atoms with Crippen molar-refractivity contribution in [2.24, 2.45) is 0 Å². The summed E-state index contributed by atoms with van der Waals surface area (Å²) in [6, 6.07) is 17.3. The third-order valence-corrected chi connectivity index (χ3v) is 2.29. The first-order valence-electron chi connectivity index (χ1n) is 5.36. The molecule has 4 nitrogen and oxygen atoms in total. The molecule has 0 radical (unpaired) electrons. The number of benzene rings is 2. The zero-order valence-corrected chi connectivity index (χ0v) is 9.48. The Morgan fingerprint density at radius 2 is 1.50 bits per heavy atom. The van der Waals surface area contributed by atoms with Crippen LogP contribution in [0.1, 0.15) is 5.56 Å². The Morgan fingerprint density at radius 1 is 0.944 bits per heavy atom. The van der Waals surface area contributed by atoms with E-state index in [1.807, 2.05) is 6.07 Å². The molecule has 0 aromatic heterocycles. The van der Waals surface area contributed by atoms with Crippen LogP contribution in [0.25, 0.3) is 5.53 Å². The van der Waals surface area contributed by atoms with Gasteiger partial charge in [-0.15, -0.1) is 0 Å². The van der Waals surface area contributed by atoms with Gasteiger partial charge in [0, 0.05) is 0 Å². The minimum absolute atomic E-state index is 0.126. The molecule has 2 aromatic rings. The Labute approximate surface area is 104 Å². The smallest absolute Gasteiger partial charge is 0.418 e. The van der Waals surface area contributed by atoms with E-state index in [4.69, 9.17) is 10.3 Å². The highest BCUT2D eigenvalue weighted by molar-refractivity contribution is 6.41. The number of para-hydroxylation sites is 1. The predicted molar refractivity (Wildman–Crippen MR) is 66.2 cm³/mol. The molecule has 0 aliphatic heterocycles. The molecule has 0 aliphatic carbocycles. The molecule has 18 heavy (non-hydrogen) atoms. The Hall–Kier alpha value is -2.71. The molecule has 0 saturated carbocycles. The number of nitrogens with zero attached hydrogens (tertiary/aromatic N) is 2. The first-order chi connectivity index (χ1) is 8.81. The van der Waals surface area contributed by atoms with E-state index in [-0.39, 0.29) is 5.71 Å². The fourth-order valence-electron chi connectivity index (χ4n) is 1.46. The van der Waals surface area contributed by atoms with Crippen LogP contribution in [0.2, 0.25) is 0 Å². The van der Waals surface area contributed by atoms with E-state index in [2.05, 4.69) is 4.79 Å². The largest absolute Gasteiger partial charge is 0.427 e. The summed E-state index contributed by atoms with van der Waals surface area (Å²) in [5.41, 5.74) is 9.29. The van der Waals surface area contributed by atoms with Crippen LogP contribution >= 0.6 is 0 Å². The summed E-state index contributed by atoms with van der Waals surface area (Å²) in [7, 11) is 0.